The van der Waals surface area contributed by atoms with Gasteiger partial charge in [-0.1, -0.05) is 30.3 Å². The van der Waals surface area contributed by atoms with E-state index in [1.165, 1.54) is 18.4 Å². The Balaban J connectivity index is 1.79. The van der Waals surface area contributed by atoms with Gasteiger partial charge in [-0.25, -0.2) is 0 Å². The molecular weight excluding hydrogens is 226 g/mol. The van der Waals surface area contributed by atoms with Crippen molar-refractivity contribution in [1.29, 1.82) is 0 Å². The highest BCUT2D eigenvalue weighted by Crippen LogP contribution is 2.43. The van der Waals surface area contributed by atoms with Gasteiger partial charge >= 0.3 is 0 Å². The van der Waals surface area contributed by atoms with Crippen LogP contribution in [0.15, 0.2) is 30.3 Å². The smallest absolute Gasteiger partial charge is 0.230 e. The largest absolute Gasteiger partial charge is 0.378 e. The van der Waals surface area contributed by atoms with Gasteiger partial charge in [-0.3, -0.25) is 4.79 Å². The van der Waals surface area contributed by atoms with Crippen LogP contribution in [0.1, 0.15) is 24.3 Å². The molecule has 1 atom stereocenters. The third kappa shape index (κ3) is 2.41. The molecular formula is C15H19NO2. The van der Waals surface area contributed by atoms with Crippen molar-refractivity contribution in [1.82, 2.24) is 4.90 Å². The monoisotopic (exact) mass is 245 g/mol. The second-order valence-corrected chi connectivity index (χ2v) is 5.16. The third-order valence-electron chi connectivity index (χ3n) is 3.84. The summed E-state index contributed by atoms with van der Waals surface area (Å²) in [6.45, 7) is 2.85. The molecule has 0 spiro atoms. The average Bonchev–Trinajstić information content (AvgIpc) is 3.26. The second kappa shape index (κ2) is 5.11. The number of nitrogens with zero attached hydrogens (tertiary/aromatic N) is 1. The Kier molecular flexibility index (Phi) is 3.33. The Labute approximate surface area is 108 Å². The minimum atomic E-state index is 0.0734. The third-order valence-corrected chi connectivity index (χ3v) is 3.84. The SMILES string of the molecule is O=C(C(c1ccccc1)C1CC1)N1CCOCC1. The highest BCUT2D eigenvalue weighted by Gasteiger charge is 2.39. The van der Waals surface area contributed by atoms with Crippen LogP contribution in [0.3, 0.4) is 0 Å². The maximum Gasteiger partial charge on any atom is 0.230 e. The van der Waals surface area contributed by atoms with Gasteiger partial charge in [0.15, 0.2) is 0 Å². The van der Waals surface area contributed by atoms with Crippen LogP contribution in [0.25, 0.3) is 0 Å². The number of ether oxygens (including phenoxy) is 1. The van der Waals surface area contributed by atoms with Crippen molar-refractivity contribution in [3.05, 3.63) is 35.9 Å². The Hall–Kier alpha value is -1.35. The molecule has 1 aliphatic carbocycles. The molecule has 1 aliphatic heterocycles. The quantitative estimate of drug-likeness (QED) is 0.815. The summed E-state index contributed by atoms with van der Waals surface area (Å²) < 4.78 is 5.32. The first kappa shape index (κ1) is 11.7. The van der Waals surface area contributed by atoms with E-state index >= 15 is 0 Å². The van der Waals surface area contributed by atoms with Crippen LogP contribution in [0.4, 0.5) is 0 Å². The van der Waals surface area contributed by atoms with Crippen molar-refractivity contribution in [2.45, 2.75) is 18.8 Å². The minimum absolute atomic E-state index is 0.0734. The van der Waals surface area contributed by atoms with Crippen molar-refractivity contribution in [3.8, 4) is 0 Å². The molecule has 2 fully saturated rings. The lowest BCUT2D eigenvalue weighted by Crippen LogP contribution is -2.43. The van der Waals surface area contributed by atoms with Gasteiger partial charge in [-0.2, -0.15) is 0 Å². The number of carbonyl (C=O) groups is 1. The van der Waals surface area contributed by atoms with Gasteiger partial charge in [0.25, 0.3) is 0 Å². The van der Waals surface area contributed by atoms with Crippen LogP contribution in [-0.4, -0.2) is 37.1 Å². The molecule has 1 saturated heterocycles. The topological polar surface area (TPSA) is 29.5 Å². The molecule has 1 amide bonds. The van der Waals surface area contributed by atoms with E-state index in [9.17, 15) is 4.79 Å². The Morgan fingerprint density at radius 1 is 1.17 bits per heavy atom. The molecule has 96 valence electrons. The van der Waals surface area contributed by atoms with Crippen LogP contribution in [0.5, 0.6) is 0 Å². The fourth-order valence-corrected chi connectivity index (χ4v) is 2.69. The van der Waals surface area contributed by atoms with Crippen LogP contribution in [-0.2, 0) is 9.53 Å². The lowest BCUT2D eigenvalue weighted by atomic mass is 9.92. The van der Waals surface area contributed by atoms with Gasteiger partial charge < -0.3 is 9.64 Å². The van der Waals surface area contributed by atoms with Crippen molar-refractivity contribution in [3.63, 3.8) is 0 Å². The van der Waals surface area contributed by atoms with Crippen LogP contribution in [0.2, 0.25) is 0 Å². The highest BCUT2D eigenvalue weighted by molar-refractivity contribution is 5.84. The van der Waals surface area contributed by atoms with Crippen molar-refractivity contribution < 1.29 is 9.53 Å². The summed E-state index contributed by atoms with van der Waals surface area (Å²) in [6, 6.07) is 10.2. The zero-order chi connectivity index (χ0) is 12.4. The Morgan fingerprint density at radius 2 is 1.83 bits per heavy atom. The molecule has 3 nitrogen and oxygen atoms in total. The molecule has 3 heteroatoms. The predicted octanol–water partition coefficient (Wildman–Crippen LogP) is 2.04. The van der Waals surface area contributed by atoms with Crippen molar-refractivity contribution >= 4 is 5.91 Å². The normalized spacial score (nSPS) is 21.7. The first-order valence-electron chi connectivity index (χ1n) is 6.78. The molecule has 1 aromatic rings. The summed E-state index contributed by atoms with van der Waals surface area (Å²) in [4.78, 5) is 14.6. The van der Waals surface area contributed by atoms with Crippen LogP contribution < -0.4 is 0 Å². The van der Waals surface area contributed by atoms with E-state index in [0.29, 0.717) is 25.0 Å². The van der Waals surface area contributed by atoms with E-state index in [2.05, 4.69) is 12.1 Å². The zero-order valence-electron chi connectivity index (χ0n) is 10.5. The van der Waals surface area contributed by atoms with Crippen LogP contribution >= 0.6 is 0 Å². The minimum Gasteiger partial charge on any atom is -0.378 e. The van der Waals surface area contributed by atoms with E-state index in [1.54, 1.807) is 0 Å². The maximum atomic E-state index is 12.7. The summed E-state index contributed by atoms with van der Waals surface area (Å²) in [5.74, 6) is 0.930. The molecule has 0 radical (unpaired) electrons. The predicted molar refractivity (Wildman–Crippen MR) is 69.3 cm³/mol. The number of morpholine rings is 1. The first-order chi connectivity index (χ1) is 8.86. The molecule has 1 heterocycles. The summed E-state index contributed by atoms with van der Waals surface area (Å²) in [5, 5.41) is 0. The summed E-state index contributed by atoms with van der Waals surface area (Å²) in [6.07, 6.45) is 2.38. The molecule has 1 unspecified atom stereocenters. The summed E-state index contributed by atoms with van der Waals surface area (Å²) >= 11 is 0. The van der Waals surface area contributed by atoms with Gasteiger partial charge in [0.2, 0.25) is 5.91 Å². The Morgan fingerprint density at radius 3 is 2.44 bits per heavy atom. The van der Waals surface area contributed by atoms with Gasteiger partial charge in [-0.05, 0) is 24.3 Å². The molecule has 1 aromatic carbocycles. The van der Waals surface area contributed by atoms with E-state index in [4.69, 9.17) is 4.74 Å². The molecule has 0 bridgehead atoms. The van der Waals surface area contributed by atoms with Crippen molar-refractivity contribution in [2.75, 3.05) is 26.3 Å². The van der Waals surface area contributed by atoms with Gasteiger partial charge in [0.05, 0.1) is 19.1 Å². The van der Waals surface area contributed by atoms with E-state index < -0.39 is 0 Å². The molecule has 0 N–H and O–H groups in total. The number of hydrogen-bond acceptors (Lipinski definition) is 2. The lowest BCUT2D eigenvalue weighted by molar-refractivity contribution is -0.137. The number of rotatable bonds is 3. The number of carbonyl (C=O) groups excluding carboxylic acids is 1. The maximum absolute atomic E-state index is 12.7. The van der Waals surface area contributed by atoms with E-state index in [0.717, 1.165) is 13.1 Å². The fraction of sp³-hybridized carbons (Fsp3) is 0.533. The van der Waals surface area contributed by atoms with Crippen molar-refractivity contribution in [2.24, 2.45) is 5.92 Å². The Bertz CT molecular complexity index is 408. The van der Waals surface area contributed by atoms with E-state index in [-0.39, 0.29) is 5.92 Å². The van der Waals surface area contributed by atoms with Gasteiger partial charge in [-0.15, -0.1) is 0 Å². The second-order valence-electron chi connectivity index (χ2n) is 5.16. The molecule has 2 aliphatic rings. The molecule has 1 saturated carbocycles. The standard InChI is InChI=1S/C15H19NO2/c17-15(16-8-10-18-11-9-16)14(13-6-7-13)12-4-2-1-3-5-12/h1-5,13-14H,6-11H2. The number of benzene rings is 1. The van der Waals surface area contributed by atoms with Gasteiger partial charge in [0, 0.05) is 13.1 Å². The van der Waals surface area contributed by atoms with Gasteiger partial charge in [0.1, 0.15) is 0 Å². The summed E-state index contributed by atoms with van der Waals surface area (Å²) in [5.41, 5.74) is 1.18. The molecule has 18 heavy (non-hydrogen) atoms. The highest BCUT2D eigenvalue weighted by atomic mass is 16.5. The molecule has 3 rings (SSSR count). The number of hydrogen-bond donors (Lipinski definition) is 0. The van der Waals surface area contributed by atoms with E-state index in [1.807, 2.05) is 23.1 Å². The van der Waals surface area contributed by atoms with Crippen LogP contribution in [0, 0.1) is 5.92 Å². The fourth-order valence-electron chi connectivity index (χ4n) is 2.69. The summed E-state index contributed by atoms with van der Waals surface area (Å²) in [7, 11) is 0. The average molecular weight is 245 g/mol. The lowest BCUT2D eigenvalue weighted by Gasteiger charge is -2.30. The molecule has 0 aromatic heterocycles. The first-order valence-corrected chi connectivity index (χ1v) is 6.78. The number of amides is 1. The zero-order valence-corrected chi connectivity index (χ0v) is 10.5.